The molecule has 0 bridgehead atoms. The second-order valence-corrected chi connectivity index (χ2v) is 5.93. The Labute approximate surface area is 99.2 Å². The molecule has 0 fully saturated rings. The van der Waals surface area contributed by atoms with E-state index in [0.717, 1.165) is 6.42 Å². The Balaban J connectivity index is 4.09. The lowest BCUT2D eigenvalue weighted by Gasteiger charge is -2.13. The average Bonchev–Trinajstić information content (AvgIpc) is 2.15. The van der Waals surface area contributed by atoms with Crippen molar-refractivity contribution in [3.63, 3.8) is 0 Å². The summed E-state index contributed by atoms with van der Waals surface area (Å²) in [7, 11) is -3.27. The van der Waals surface area contributed by atoms with Crippen LogP contribution in [0.1, 0.15) is 33.6 Å². The van der Waals surface area contributed by atoms with Crippen LogP contribution >= 0.6 is 0 Å². The predicted octanol–water partition coefficient (Wildman–Crippen LogP) is 0.706. The number of terminal acetylenes is 1. The molecule has 4 nitrogen and oxygen atoms in total. The van der Waals surface area contributed by atoms with Crippen molar-refractivity contribution in [2.45, 2.75) is 45.7 Å². The Morgan fingerprint density at radius 3 is 2.44 bits per heavy atom. The largest absolute Gasteiger partial charge is 0.313 e. The topological polar surface area (TPSA) is 58.2 Å². The van der Waals surface area contributed by atoms with Gasteiger partial charge in [0.2, 0.25) is 10.0 Å². The SMILES string of the molecule is C#CC(CCC)NS(=O)(=O)CCNC(C)C. The molecule has 0 aliphatic carbocycles. The summed E-state index contributed by atoms with van der Waals surface area (Å²) in [4.78, 5) is 0. The molecule has 5 heteroatoms. The van der Waals surface area contributed by atoms with Gasteiger partial charge < -0.3 is 5.32 Å². The fraction of sp³-hybridized carbons (Fsp3) is 0.818. The maximum Gasteiger partial charge on any atom is 0.213 e. The number of rotatable bonds is 8. The van der Waals surface area contributed by atoms with Gasteiger partial charge in [-0.05, 0) is 6.42 Å². The number of sulfonamides is 1. The van der Waals surface area contributed by atoms with Crippen LogP contribution in [0.15, 0.2) is 0 Å². The average molecular weight is 246 g/mol. The third-order valence-electron chi connectivity index (χ3n) is 2.02. The summed E-state index contributed by atoms with van der Waals surface area (Å²) < 4.78 is 25.7. The van der Waals surface area contributed by atoms with Gasteiger partial charge in [0.1, 0.15) is 0 Å². The minimum atomic E-state index is -3.27. The van der Waals surface area contributed by atoms with Crippen molar-refractivity contribution in [1.82, 2.24) is 10.0 Å². The zero-order chi connectivity index (χ0) is 12.6. The van der Waals surface area contributed by atoms with Crippen molar-refractivity contribution in [3.05, 3.63) is 0 Å². The van der Waals surface area contributed by atoms with Crippen LogP contribution in [0.3, 0.4) is 0 Å². The third kappa shape index (κ3) is 7.69. The van der Waals surface area contributed by atoms with Gasteiger partial charge in [0.15, 0.2) is 0 Å². The second-order valence-electron chi connectivity index (χ2n) is 4.05. The monoisotopic (exact) mass is 246 g/mol. The molecule has 0 rings (SSSR count). The lowest BCUT2D eigenvalue weighted by molar-refractivity contribution is 0.553. The molecule has 0 aromatic carbocycles. The molecule has 1 atom stereocenters. The lowest BCUT2D eigenvalue weighted by Crippen LogP contribution is -2.39. The predicted molar refractivity (Wildman–Crippen MR) is 67.6 cm³/mol. The van der Waals surface area contributed by atoms with E-state index < -0.39 is 10.0 Å². The van der Waals surface area contributed by atoms with Crippen LogP contribution in [0.25, 0.3) is 0 Å². The standard InChI is InChI=1S/C11H22N2O2S/c1-5-7-11(6-2)13-16(14,15)9-8-12-10(3)4/h2,10-13H,5,7-9H2,1,3-4H3. The molecule has 0 aromatic rings. The van der Waals surface area contributed by atoms with Crippen molar-refractivity contribution in [2.24, 2.45) is 0 Å². The first kappa shape index (κ1) is 15.4. The number of hydrogen-bond donors (Lipinski definition) is 2. The molecule has 0 spiro atoms. The molecule has 0 heterocycles. The summed E-state index contributed by atoms with van der Waals surface area (Å²) in [5.41, 5.74) is 0. The molecule has 94 valence electrons. The van der Waals surface area contributed by atoms with Crippen molar-refractivity contribution < 1.29 is 8.42 Å². The molecule has 0 amide bonds. The molecule has 1 unspecified atom stereocenters. The van der Waals surface area contributed by atoms with Gasteiger partial charge in [0.25, 0.3) is 0 Å². The molecular weight excluding hydrogens is 224 g/mol. The highest BCUT2D eigenvalue weighted by Gasteiger charge is 2.14. The summed E-state index contributed by atoms with van der Waals surface area (Å²) >= 11 is 0. The lowest BCUT2D eigenvalue weighted by atomic mass is 10.2. The molecule has 16 heavy (non-hydrogen) atoms. The van der Waals surface area contributed by atoms with E-state index in [0.29, 0.717) is 13.0 Å². The van der Waals surface area contributed by atoms with Crippen molar-refractivity contribution in [1.29, 1.82) is 0 Å². The van der Waals surface area contributed by atoms with Gasteiger partial charge in [-0.15, -0.1) is 6.42 Å². The summed E-state index contributed by atoms with van der Waals surface area (Å²) in [6.07, 6.45) is 6.79. The summed E-state index contributed by atoms with van der Waals surface area (Å²) in [5.74, 6) is 2.51. The fourth-order valence-electron chi connectivity index (χ4n) is 1.22. The van der Waals surface area contributed by atoms with Crippen molar-refractivity contribution in [3.8, 4) is 12.3 Å². The molecule has 0 radical (unpaired) electrons. The Hall–Kier alpha value is -0.570. The van der Waals surface area contributed by atoms with Gasteiger partial charge in [-0.1, -0.05) is 33.1 Å². The van der Waals surface area contributed by atoms with E-state index in [2.05, 4.69) is 16.0 Å². The van der Waals surface area contributed by atoms with Crippen LogP contribution in [0, 0.1) is 12.3 Å². The normalized spacial score (nSPS) is 13.7. The van der Waals surface area contributed by atoms with E-state index in [1.165, 1.54) is 0 Å². The molecule has 2 N–H and O–H groups in total. The van der Waals surface area contributed by atoms with Crippen LogP contribution in [0.4, 0.5) is 0 Å². The van der Waals surface area contributed by atoms with Crippen molar-refractivity contribution >= 4 is 10.0 Å². The van der Waals surface area contributed by atoms with E-state index in [1.807, 2.05) is 20.8 Å². The van der Waals surface area contributed by atoms with E-state index in [-0.39, 0.29) is 17.8 Å². The van der Waals surface area contributed by atoms with Crippen LogP contribution < -0.4 is 10.0 Å². The molecule has 0 saturated carbocycles. The highest BCUT2D eigenvalue weighted by Crippen LogP contribution is 1.97. The molecule has 0 saturated heterocycles. The van der Waals surface area contributed by atoms with Gasteiger partial charge in [-0.25, -0.2) is 13.1 Å². The van der Waals surface area contributed by atoms with E-state index >= 15 is 0 Å². The van der Waals surface area contributed by atoms with E-state index in [1.54, 1.807) is 0 Å². The number of hydrogen-bond acceptors (Lipinski definition) is 3. The number of nitrogens with one attached hydrogen (secondary N) is 2. The Morgan fingerprint density at radius 1 is 1.38 bits per heavy atom. The first-order valence-corrected chi connectivity index (χ1v) is 7.26. The fourth-order valence-corrected chi connectivity index (χ4v) is 2.35. The molecule has 0 aliphatic rings. The highest BCUT2D eigenvalue weighted by molar-refractivity contribution is 7.89. The van der Waals surface area contributed by atoms with Gasteiger partial charge in [-0.3, -0.25) is 0 Å². The van der Waals surface area contributed by atoms with Gasteiger partial charge in [0.05, 0.1) is 11.8 Å². The Morgan fingerprint density at radius 2 is 2.00 bits per heavy atom. The minimum absolute atomic E-state index is 0.0626. The second kappa shape index (κ2) is 7.66. The van der Waals surface area contributed by atoms with E-state index in [4.69, 9.17) is 6.42 Å². The van der Waals surface area contributed by atoms with Gasteiger partial charge in [0, 0.05) is 12.6 Å². The summed E-state index contributed by atoms with van der Waals surface area (Å²) in [5, 5.41) is 3.05. The molecular formula is C11H22N2O2S. The van der Waals surface area contributed by atoms with Gasteiger partial charge >= 0.3 is 0 Å². The van der Waals surface area contributed by atoms with Crippen LogP contribution in [0.2, 0.25) is 0 Å². The van der Waals surface area contributed by atoms with E-state index in [9.17, 15) is 8.42 Å². The Bertz CT molecular complexity index is 317. The summed E-state index contributed by atoms with van der Waals surface area (Å²) in [6, 6.07) is -0.0941. The Kier molecular flexibility index (Phi) is 7.39. The maximum atomic E-state index is 11.6. The highest BCUT2D eigenvalue weighted by atomic mass is 32.2. The minimum Gasteiger partial charge on any atom is -0.313 e. The maximum absolute atomic E-state index is 11.6. The van der Waals surface area contributed by atoms with Crippen LogP contribution in [-0.4, -0.2) is 32.8 Å². The van der Waals surface area contributed by atoms with Crippen LogP contribution in [0.5, 0.6) is 0 Å². The smallest absolute Gasteiger partial charge is 0.213 e. The first-order valence-electron chi connectivity index (χ1n) is 5.60. The van der Waals surface area contributed by atoms with Crippen molar-refractivity contribution in [2.75, 3.05) is 12.3 Å². The zero-order valence-corrected chi connectivity index (χ0v) is 11.1. The molecule has 0 aromatic heterocycles. The van der Waals surface area contributed by atoms with Crippen LogP contribution in [-0.2, 0) is 10.0 Å². The quantitative estimate of drug-likeness (QED) is 0.620. The third-order valence-corrected chi connectivity index (χ3v) is 3.41. The molecule has 0 aliphatic heterocycles. The first-order chi connectivity index (χ1) is 7.41. The zero-order valence-electron chi connectivity index (χ0n) is 10.3. The van der Waals surface area contributed by atoms with Gasteiger partial charge in [-0.2, -0.15) is 0 Å². The summed E-state index contributed by atoms with van der Waals surface area (Å²) in [6.45, 7) is 6.36.